The first kappa shape index (κ1) is 17.6. The zero-order valence-corrected chi connectivity index (χ0v) is 13.1. The van der Waals surface area contributed by atoms with E-state index >= 15 is 0 Å². The van der Waals surface area contributed by atoms with Gasteiger partial charge < -0.3 is 9.64 Å². The Labute approximate surface area is 136 Å². The quantitative estimate of drug-likeness (QED) is 0.786. The second kappa shape index (κ2) is 6.78. The summed E-state index contributed by atoms with van der Waals surface area (Å²) in [5.74, 6) is -0.924. The lowest BCUT2D eigenvalue weighted by atomic mass is 10.1. The average Bonchev–Trinajstić information content (AvgIpc) is 2.92. The van der Waals surface area contributed by atoms with Crippen LogP contribution in [0.2, 0.25) is 5.02 Å². The number of carbonyl (C=O) groups excluding carboxylic acids is 2. The molecule has 1 fully saturated rings. The minimum Gasteiger partial charge on any atom is -0.462 e. The van der Waals surface area contributed by atoms with E-state index in [2.05, 4.69) is 0 Å². The zero-order valence-electron chi connectivity index (χ0n) is 12.3. The van der Waals surface area contributed by atoms with Crippen molar-refractivity contribution in [2.24, 2.45) is 5.92 Å². The van der Waals surface area contributed by atoms with Crippen LogP contribution in [-0.4, -0.2) is 36.5 Å². The van der Waals surface area contributed by atoms with Gasteiger partial charge in [-0.3, -0.25) is 4.79 Å². The van der Waals surface area contributed by atoms with Gasteiger partial charge in [-0.15, -0.1) is 0 Å². The van der Waals surface area contributed by atoms with Crippen molar-refractivity contribution in [1.82, 2.24) is 4.90 Å². The number of esters is 1. The number of rotatable bonds is 3. The molecule has 0 aliphatic carbocycles. The Morgan fingerprint density at radius 3 is 2.61 bits per heavy atom. The summed E-state index contributed by atoms with van der Waals surface area (Å²) in [7, 11) is 0. The van der Waals surface area contributed by atoms with Crippen LogP contribution in [-0.2, 0) is 15.7 Å². The van der Waals surface area contributed by atoms with E-state index in [9.17, 15) is 22.8 Å². The Hall–Kier alpha value is -1.76. The van der Waals surface area contributed by atoms with Gasteiger partial charge in [0.05, 0.1) is 17.7 Å². The lowest BCUT2D eigenvalue weighted by Gasteiger charge is -2.14. The van der Waals surface area contributed by atoms with Gasteiger partial charge in [-0.2, -0.15) is 13.2 Å². The number of carbonyl (C=O) groups is 2. The molecule has 23 heavy (non-hydrogen) atoms. The van der Waals surface area contributed by atoms with Gasteiger partial charge in [0.1, 0.15) is 0 Å². The number of amides is 1. The second-order valence-corrected chi connectivity index (χ2v) is 5.88. The molecule has 1 saturated heterocycles. The van der Waals surface area contributed by atoms with Gasteiger partial charge >= 0.3 is 12.1 Å². The van der Waals surface area contributed by atoms with Crippen LogP contribution >= 0.6 is 11.6 Å². The summed E-state index contributed by atoms with van der Waals surface area (Å²) in [5, 5.41) is -0.185. The van der Waals surface area contributed by atoms with Crippen LogP contribution in [0.1, 0.15) is 29.3 Å². The van der Waals surface area contributed by atoms with Crippen molar-refractivity contribution in [3.63, 3.8) is 0 Å². The fourth-order valence-corrected chi connectivity index (χ4v) is 2.64. The van der Waals surface area contributed by atoms with Gasteiger partial charge in [-0.05, 0) is 24.6 Å². The third kappa shape index (κ3) is 4.60. The number of nitrogens with zero attached hydrogens (tertiary/aromatic N) is 1. The predicted molar refractivity (Wildman–Crippen MR) is 77.1 cm³/mol. The highest BCUT2D eigenvalue weighted by molar-refractivity contribution is 6.31. The fraction of sp³-hybridized carbons (Fsp3) is 0.467. The van der Waals surface area contributed by atoms with Crippen molar-refractivity contribution in [2.75, 3.05) is 19.7 Å². The molecule has 126 valence electrons. The van der Waals surface area contributed by atoms with E-state index in [0.29, 0.717) is 25.6 Å². The van der Waals surface area contributed by atoms with Crippen molar-refractivity contribution in [3.8, 4) is 0 Å². The molecule has 1 aliphatic heterocycles. The standard InChI is InChI=1S/C15H15ClF3NO3/c1-9(21)20-3-2-10(7-20)8-23-14(22)11-4-12(15(17,18)19)6-13(16)5-11/h4-6,10H,2-3,7-8H2,1H3/t10-/m1/s1. The third-order valence-electron chi connectivity index (χ3n) is 3.64. The van der Waals surface area contributed by atoms with E-state index < -0.39 is 17.7 Å². The van der Waals surface area contributed by atoms with Gasteiger partial charge in [0.2, 0.25) is 5.91 Å². The summed E-state index contributed by atoms with van der Waals surface area (Å²) in [4.78, 5) is 24.8. The molecule has 0 aromatic heterocycles. The van der Waals surface area contributed by atoms with Gasteiger partial charge in [0, 0.05) is 31.0 Å². The first-order valence-electron chi connectivity index (χ1n) is 6.97. The Morgan fingerprint density at radius 1 is 1.35 bits per heavy atom. The molecule has 1 aromatic carbocycles. The molecule has 1 amide bonds. The maximum atomic E-state index is 12.7. The SMILES string of the molecule is CC(=O)N1CC[C@@H](COC(=O)c2cc(Cl)cc(C(F)(F)F)c2)C1. The lowest BCUT2D eigenvalue weighted by Crippen LogP contribution is -2.26. The number of halogens is 4. The van der Waals surface area contributed by atoms with Gasteiger partial charge in [0.15, 0.2) is 0 Å². The third-order valence-corrected chi connectivity index (χ3v) is 3.86. The largest absolute Gasteiger partial charge is 0.462 e. The molecule has 1 aliphatic rings. The lowest BCUT2D eigenvalue weighted by molar-refractivity contribution is -0.137. The molecule has 0 radical (unpaired) electrons. The highest BCUT2D eigenvalue weighted by Crippen LogP contribution is 2.32. The topological polar surface area (TPSA) is 46.6 Å². The summed E-state index contributed by atoms with van der Waals surface area (Å²) in [5.41, 5.74) is -1.24. The van der Waals surface area contributed by atoms with E-state index in [1.54, 1.807) is 4.90 Å². The van der Waals surface area contributed by atoms with Gasteiger partial charge in [-0.1, -0.05) is 11.6 Å². The highest BCUT2D eigenvalue weighted by atomic mass is 35.5. The van der Waals surface area contributed by atoms with E-state index in [0.717, 1.165) is 12.1 Å². The van der Waals surface area contributed by atoms with Crippen LogP contribution < -0.4 is 0 Å². The minimum absolute atomic E-state index is 0.0101. The average molecular weight is 350 g/mol. The Bertz CT molecular complexity index is 618. The number of ether oxygens (including phenoxy) is 1. The van der Waals surface area contributed by atoms with E-state index in [1.807, 2.05) is 0 Å². The molecule has 1 aromatic rings. The number of hydrogen-bond donors (Lipinski definition) is 0. The fourth-order valence-electron chi connectivity index (χ4n) is 2.40. The molecular weight excluding hydrogens is 335 g/mol. The van der Waals surface area contributed by atoms with Crippen LogP contribution in [0, 0.1) is 5.92 Å². The molecule has 1 heterocycles. The van der Waals surface area contributed by atoms with Crippen LogP contribution in [0.5, 0.6) is 0 Å². The van der Waals surface area contributed by atoms with Crippen LogP contribution in [0.15, 0.2) is 18.2 Å². The molecule has 8 heteroatoms. The Balaban J connectivity index is 1.99. The molecule has 2 rings (SSSR count). The number of hydrogen-bond acceptors (Lipinski definition) is 3. The molecule has 4 nitrogen and oxygen atoms in total. The highest BCUT2D eigenvalue weighted by Gasteiger charge is 2.32. The molecule has 0 unspecified atom stereocenters. The van der Waals surface area contributed by atoms with Crippen molar-refractivity contribution in [2.45, 2.75) is 19.5 Å². The summed E-state index contributed by atoms with van der Waals surface area (Å²) in [6.45, 7) is 2.58. The molecule has 0 spiro atoms. The number of alkyl halides is 3. The molecule has 0 N–H and O–H groups in total. The molecular formula is C15H15ClF3NO3. The van der Waals surface area contributed by atoms with E-state index in [-0.39, 0.29) is 29.0 Å². The molecule has 0 bridgehead atoms. The monoisotopic (exact) mass is 349 g/mol. The maximum Gasteiger partial charge on any atom is 0.416 e. The smallest absolute Gasteiger partial charge is 0.416 e. The Morgan fingerprint density at radius 2 is 2.04 bits per heavy atom. The summed E-state index contributed by atoms with van der Waals surface area (Å²) in [6.07, 6.45) is -3.90. The molecule has 1 atom stereocenters. The van der Waals surface area contributed by atoms with Crippen LogP contribution in [0.25, 0.3) is 0 Å². The number of benzene rings is 1. The van der Waals surface area contributed by atoms with Crippen molar-refractivity contribution in [1.29, 1.82) is 0 Å². The van der Waals surface area contributed by atoms with Crippen molar-refractivity contribution in [3.05, 3.63) is 34.3 Å². The predicted octanol–water partition coefficient (Wildman–Crippen LogP) is 3.38. The Kier molecular flexibility index (Phi) is 5.19. The van der Waals surface area contributed by atoms with Crippen LogP contribution in [0.3, 0.4) is 0 Å². The first-order valence-corrected chi connectivity index (χ1v) is 7.35. The van der Waals surface area contributed by atoms with Crippen molar-refractivity contribution >= 4 is 23.5 Å². The summed E-state index contributed by atoms with van der Waals surface area (Å²) in [6, 6.07) is 2.60. The van der Waals surface area contributed by atoms with E-state index in [4.69, 9.17) is 16.3 Å². The summed E-state index contributed by atoms with van der Waals surface area (Å²) < 4.78 is 43.2. The number of likely N-dealkylation sites (tertiary alicyclic amines) is 1. The van der Waals surface area contributed by atoms with E-state index in [1.165, 1.54) is 6.92 Å². The minimum atomic E-state index is -4.59. The zero-order chi connectivity index (χ0) is 17.2. The molecule has 0 saturated carbocycles. The normalized spacial score (nSPS) is 18.1. The van der Waals surface area contributed by atoms with Gasteiger partial charge in [-0.25, -0.2) is 4.79 Å². The first-order chi connectivity index (χ1) is 10.7. The van der Waals surface area contributed by atoms with Crippen LogP contribution in [0.4, 0.5) is 13.2 Å². The van der Waals surface area contributed by atoms with Gasteiger partial charge in [0.25, 0.3) is 0 Å². The maximum absolute atomic E-state index is 12.7. The summed E-state index contributed by atoms with van der Waals surface area (Å²) >= 11 is 5.63. The van der Waals surface area contributed by atoms with Crippen molar-refractivity contribution < 1.29 is 27.5 Å². The second-order valence-electron chi connectivity index (χ2n) is 5.44.